The number of hydrogen-bond acceptors (Lipinski definition) is 0. The predicted octanol–water partition coefficient (Wildman–Crippen LogP) is 2.47. The van der Waals surface area contributed by atoms with Crippen LogP contribution in [0.3, 0.4) is 0 Å². The maximum absolute atomic E-state index is 5.56. The second-order valence-corrected chi connectivity index (χ2v) is 2.84. The van der Waals surface area contributed by atoms with E-state index in [1.807, 2.05) is 0 Å². The largest absolute Gasteiger partial charge is 0.326 e. The van der Waals surface area contributed by atoms with Crippen molar-refractivity contribution >= 4 is 11.6 Å². The summed E-state index contributed by atoms with van der Waals surface area (Å²) in [6.45, 7) is 7.92. The fourth-order valence-electron chi connectivity index (χ4n) is 0.512. The highest BCUT2D eigenvalue weighted by molar-refractivity contribution is 6.21. The molecule has 0 aromatic heterocycles. The van der Waals surface area contributed by atoms with Gasteiger partial charge in [-0.15, -0.1) is 0 Å². The van der Waals surface area contributed by atoms with Gasteiger partial charge in [-0.05, 0) is 5.92 Å². The van der Waals surface area contributed by atoms with E-state index >= 15 is 0 Å². The van der Waals surface area contributed by atoms with Crippen LogP contribution in [0, 0.1) is 12.8 Å². The highest BCUT2D eigenvalue weighted by Crippen LogP contribution is 2.07. The first-order chi connectivity index (χ1) is 3.13. The van der Waals surface area contributed by atoms with Gasteiger partial charge in [-0.25, -0.2) is 0 Å². The van der Waals surface area contributed by atoms with E-state index in [9.17, 15) is 0 Å². The molecule has 7 heavy (non-hydrogen) atoms. The molecular weight excluding hydrogens is 108 g/mol. The minimum atomic E-state index is 0.0972. The summed E-state index contributed by atoms with van der Waals surface area (Å²) in [5.41, 5.74) is 0. The number of rotatable bonds is 2. The molecule has 0 aromatic rings. The van der Waals surface area contributed by atoms with Gasteiger partial charge in [-0.1, -0.05) is 25.6 Å². The molecular formula is C6H12Cl-. The van der Waals surface area contributed by atoms with E-state index in [4.69, 9.17) is 11.6 Å². The highest BCUT2D eigenvalue weighted by Gasteiger charge is 1.92. The topological polar surface area (TPSA) is 0 Å². The van der Waals surface area contributed by atoms with Crippen molar-refractivity contribution in [3.05, 3.63) is 6.92 Å². The molecule has 0 nitrogen and oxygen atoms in total. The Morgan fingerprint density at radius 3 is 2.00 bits per heavy atom. The molecule has 0 aliphatic rings. The van der Waals surface area contributed by atoms with Gasteiger partial charge in [0, 0.05) is 0 Å². The lowest BCUT2D eigenvalue weighted by Gasteiger charge is -2.09. The van der Waals surface area contributed by atoms with Crippen LogP contribution in [-0.4, -0.2) is 5.38 Å². The fourth-order valence-corrected chi connectivity index (χ4v) is 0.868. The Labute approximate surface area is 50.9 Å². The lowest BCUT2D eigenvalue weighted by molar-refractivity contribution is 0.597. The number of halogens is 1. The minimum Gasteiger partial charge on any atom is -0.326 e. The third-order valence-corrected chi connectivity index (χ3v) is 0.905. The molecule has 0 aliphatic heterocycles. The van der Waals surface area contributed by atoms with E-state index in [1.54, 1.807) is 0 Å². The van der Waals surface area contributed by atoms with Gasteiger partial charge in [-0.2, -0.15) is 11.6 Å². The molecule has 0 N–H and O–H groups in total. The normalized spacial score (nSPS) is 15.0. The van der Waals surface area contributed by atoms with E-state index < -0.39 is 0 Å². The van der Waals surface area contributed by atoms with Crippen LogP contribution in [0.1, 0.15) is 20.3 Å². The van der Waals surface area contributed by atoms with E-state index in [0.29, 0.717) is 5.92 Å². The Morgan fingerprint density at radius 2 is 2.00 bits per heavy atom. The summed E-state index contributed by atoms with van der Waals surface area (Å²) in [7, 11) is 0. The first kappa shape index (κ1) is 7.29. The minimum absolute atomic E-state index is 0.0972. The lowest BCUT2D eigenvalue weighted by Crippen LogP contribution is -1.96. The Hall–Kier alpha value is 0.290. The molecule has 0 amide bonds. The molecule has 0 saturated heterocycles. The quantitative estimate of drug-likeness (QED) is 0.387. The molecule has 0 fully saturated rings. The second kappa shape index (κ2) is 3.31. The molecule has 0 aromatic carbocycles. The van der Waals surface area contributed by atoms with E-state index in [0.717, 1.165) is 6.42 Å². The van der Waals surface area contributed by atoms with Crippen LogP contribution < -0.4 is 0 Å². The summed E-state index contributed by atoms with van der Waals surface area (Å²) in [6.07, 6.45) is 1.02. The first-order valence-corrected chi connectivity index (χ1v) is 3.03. The highest BCUT2D eigenvalue weighted by atomic mass is 35.5. The van der Waals surface area contributed by atoms with Crippen molar-refractivity contribution in [1.29, 1.82) is 0 Å². The van der Waals surface area contributed by atoms with Gasteiger partial charge in [0.1, 0.15) is 0 Å². The first-order valence-electron chi connectivity index (χ1n) is 2.60. The Bertz CT molecular complexity index is 33.4. The molecule has 0 heterocycles. The molecule has 44 valence electrons. The SMILES string of the molecule is [CH2-]C(Cl)CC(C)C. The third-order valence-electron chi connectivity index (χ3n) is 0.727. The summed E-state index contributed by atoms with van der Waals surface area (Å²) in [6, 6.07) is 0. The predicted molar refractivity (Wildman–Crippen MR) is 34.5 cm³/mol. The van der Waals surface area contributed by atoms with Gasteiger partial charge in [-0.3, -0.25) is 0 Å². The summed E-state index contributed by atoms with van der Waals surface area (Å²) >= 11 is 5.56. The molecule has 0 saturated carbocycles. The van der Waals surface area contributed by atoms with Crippen LogP contribution >= 0.6 is 11.6 Å². The molecule has 0 bridgehead atoms. The van der Waals surface area contributed by atoms with Gasteiger partial charge < -0.3 is 6.92 Å². The molecule has 1 unspecified atom stereocenters. The van der Waals surface area contributed by atoms with Crippen LogP contribution in [0.15, 0.2) is 0 Å². The average molecular weight is 120 g/mol. The Morgan fingerprint density at radius 1 is 1.57 bits per heavy atom. The van der Waals surface area contributed by atoms with Gasteiger partial charge in [0.2, 0.25) is 0 Å². The zero-order valence-corrected chi connectivity index (χ0v) is 5.70. The van der Waals surface area contributed by atoms with Crippen molar-refractivity contribution < 1.29 is 0 Å². The van der Waals surface area contributed by atoms with Crippen LogP contribution in [0.5, 0.6) is 0 Å². The van der Waals surface area contributed by atoms with Crippen molar-refractivity contribution in [3.63, 3.8) is 0 Å². The maximum atomic E-state index is 5.56. The summed E-state index contributed by atoms with van der Waals surface area (Å²) in [5, 5.41) is 0.0972. The van der Waals surface area contributed by atoms with Crippen molar-refractivity contribution in [1.82, 2.24) is 0 Å². The summed E-state index contributed by atoms with van der Waals surface area (Å²) in [5.74, 6) is 0.681. The molecule has 1 heteroatoms. The van der Waals surface area contributed by atoms with Crippen molar-refractivity contribution in [2.24, 2.45) is 5.92 Å². The second-order valence-electron chi connectivity index (χ2n) is 2.23. The van der Waals surface area contributed by atoms with Gasteiger partial charge in [0.25, 0.3) is 0 Å². The summed E-state index contributed by atoms with van der Waals surface area (Å²) in [4.78, 5) is 0. The number of alkyl halides is 1. The zero-order chi connectivity index (χ0) is 5.86. The van der Waals surface area contributed by atoms with E-state index in [2.05, 4.69) is 20.8 Å². The van der Waals surface area contributed by atoms with Gasteiger partial charge in [0.15, 0.2) is 0 Å². The fraction of sp³-hybridized carbons (Fsp3) is 0.833. The van der Waals surface area contributed by atoms with Crippen LogP contribution in [0.2, 0.25) is 0 Å². The lowest BCUT2D eigenvalue weighted by atomic mass is 10.1. The monoisotopic (exact) mass is 119 g/mol. The van der Waals surface area contributed by atoms with Crippen molar-refractivity contribution in [2.45, 2.75) is 25.6 Å². The Balaban J connectivity index is 2.95. The summed E-state index contributed by atoms with van der Waals surface area (Å²) < 4.78 is 0. The van der Waals surface area contributed by atoms with Gasteiger partial charge >= 0.3 is 0 Å². The van der Waals surface area contributed by atoms with Crippen LogP contribution in [-0.2, 0) is 0 Å². The Kier molecular flexibility index (Phi) is 3.45. The maximum Gasteiger partial charge on any atom is -0.0483 e. The molecule has 1 atom stereocenters. The van der Waals surface area contributed by atoms with E-state index in [-0.39, 0.29) is 5.38 Å². The van der Waals surface area contributed by atoms with Crippen molar-refractivity contribution in [3.8, 4) is 0 Å². The van der Waals surface area contributed by atoms with E-state index in [1.165, 1.54) is 0 Å². The standard InChI is InChI=1S/C6H12Cl/c1-5(2)4-6(3)7/h5-6H,3-4H2,1-2H3/q-1. The van der Waals surface area contributed by atoms with Crippen LogP contribution in [0.25, 0.3) is 0 Å². The molecule has 0 rings (SSSR count). The molecule has 0 radical (unpaired) electrons. The number of hydrogen-bond donors (Lipinski definition) is 0. The van der Waals surface area contributed by atoms with Crippen LogP contribution in [0.4, 0.5) is 0 Å². The average Bonchev–Trinajstić information content (AvgIpc) is 1.27. The smallest absolute Gasteiger partial charge is 0.0483 e. The van der Waals surface area contributed by atoms with Gasteiger partial charge in [0.05, 0.1) is 0 Å². The van der Waals surface area contributed by atoms with Crippen molar-refractivity contribution in [2.75, 3.05) is 0 Å². The zero-order valence-electron chi connectivity index (χ0n) is 4.95. The third kappa shape index (κ3) is 6.29. The molecule has 0 spiro atoms. The molecule has 0 aliphatic carbocycles.